The highest BCUT2D eigenvalue weighted by atomic mass is 31.3. The van der Waals surface area contributed by atoms with E-state index in [1.165, 1.54) is 17.2 Å². The summed E-state index contributed by atoms with van der Waals surface area (Å²) in [6.07, 6.45) is -1.55. The van der Waals surface area contributed by atoms with Gasteiger partial charge in [-0.25, -0.2) is 28.6 Å². The van der Waals surface area contributed by atoms with Crippen molar-refractivity contribution in [1.82, 2.24) is 19.5 Å². The zero-order valence-corrected chi connectivity index (χ0v) is 21.3. The second-order valence-electron chi connectivity index (χ2n) is 7.64. The second kappa shape index (κ2) is 11.0. The monoisotopic (exact) mass is 575 g/mol. The van der Waals surface area contributed by atoms with Crippen LogP contribution in [0.25, 0.3) is 11.2 Å². The highest BCUT2D eigenvalue weighted by Crippen LogP contribution is 2.66. The molecule has 3 heterocycles. The number of aromatic nitrogens is 4. The Morgan fingerprint density at radius 3 is 2.42 bits per heavy atom. The summed E-state index contributed by atoms with van der Waals surface area (Å²) in [5.74, 6) is 0.397. The quantitative estimate of drug-likeness (QED) is 0.139. The van der Waals surface area contributed by atoms with Crippen molar-refractivity contribution in [3.63, 3.8) is 0 Å². The molecule has 0 aromatic carbocycles. The summed E-state index contributed by atoms with van der Waals surface area (Å²) in [6.45, 7) is 3.37. The molecule has 36 heavy (non-hydrogen) atoms. The van der Waals surface area contributed by atoms with Gasteiger partial charge in [0.25, 0.3) is 0 Å². The molecular weight excluding hydrogens is 551 g/mol. The van der Waals surface area contributed by atoms with Crippen LogP contribution in [0.4, 0.5) is 5.82 Å². The van der Waals surface area contributed by atoms with Crippen LogP contribution in [-0.4, -0.2) is 80.8 Å². The molecule has 1 saturated heterocycles. The molecule has 1 aliphatic heterocycles. The normalized spacial score (nSPS) is 25.9. The lowest BCUT2D eigenvalue weighted by atomic mass is 10.1. The van der Waals surface area contributed by atoms with Crippen molar-refractivity contribution in [1.29, 1.82) is 0 Å². The van der Waals surface area contributed by atoms with Crippen LogP contribution in [-0.2, 0) is 31.6 Å². The van der Waals surface area contributed by atoms with Gasteiger partial charge in [-0.3, -0.25) is 9.09 Å². The molecule has 0 amide bonds. The summed E-state index contributed by atoms with van der Waals surface area (Å²) >= 11 is 0. The van der Waals surface area contributed by atoms with Gasteiger partial charge < -0.3 is 39.8 Å². The fourth-order valence-corrected chi connectivity index (χ4v) is 6.12. The Kier molecular flexibility index (Phi) is 8.85. The predicted molar refractivity (Wildman–Crippen MR) is 119 cm³/mol. The summed E-state index contributed by atoms with van der Waals surface area (Å²) in [4.78, 5) is 48.3. The van der Waals surface area contributed by atoms with E-state index in [1.807, 2.05) is 19.9 Å². The van der Waals surface area contributed by atoms with Crippen molar-refractivity contribution in [2.24, 2.45) is 0 Å². The van der Waals surface area contributed by atoms with Gasteiger partial charge >= 0.3 is 23.5 Å². The van der Waals surface area contributed by atoms with Gasteiger partial charge in [-0.15, -0.1) is 0 Å². The summed E-state index contributed by atoms with van der Waals surface area (Å²) in [6, 6.07) is 0. The first kappa shape index (κ1) is 28.9. The molecule has 21 heteroatoms. The summed E-state index contributed by atoms with van der Waals surface area (Å²) < 4.78 is 52.6. The van der Waals surface area contributed by atoms with E-state index in [4.69, 9.17) is 14.5 Å². The molecule has 0 bridgehead atoms. The average molecular weight is 575 g/mol. The summed E-state index contributed by atoms with van der Waals surface area (Å²) in [5, 5.41) is 23.9. The number of phosphoric acid groups is 3. The van der Waals surface area contributed by atoms with Crippen LogP contribution < -0.4 is 5.32 Å². The van der Waals surface area contributed by atoms with Crippen molar-refractivity contribution in [3.05, 3.63) is 24.3 Å². The van der Waals surface area contributed by atoms with E-state index in [-0.39, 0.29) is 5.65 Å². The third-order valence-corrected chi connectivity index (χ3v) is 8.37. The van der Waals surface area contributed by atoms with E-state index in [2.05, 4.69) is 33.4 Å². The molecule has 18 nitrogen and oxygen atoms in total. The van der Waals surface area contributed by atoms with E-state index < -0.39 is 54.6 Å². The summed E-state index contributed by atoms with van der Waals surface area (Å²) in [7, 11) is -16.7. The molecule has 0 radical (unpaired) electrons. The third-order valence-electron chi connectivity index (χ3n) is 4.57. The Bertz CT molecular complexity index is 1260. The molecule has 1 fully saturated rings. The van der Waals surface area contributed by atoms with Crippen LogP contribution >= 0.6 is 23.5 Å². The molecule has 3 rings (SSSR count). The largest absolute Gasteiger partial charge is 0.490 e. The molecule has 202 valence electrons. The van der Waals surface area contributed by atoms with Gasteiger partial charge in [0.05, 0.1) is 12.9 Å². The number of aliphatic hydroxyl groups excluding tert-OH is 2. The predicted octanol–water partition coefficient (Wildman–Crippen LogP) is 0.167. The highest BCUT2D eigenvalue weighted by Gasteiger charge is 2.47. The minimum absolute atomic E-state index is 0.231. The first-order valence-electron chi connectivity index (χ1n) is 9.93. The summed E-state index contributed by atoms with van der Waals surface area (Å²) in [5.41, 5.74) is 1.65. The maximum atomic E-state index is 11.9. The smallest absolute Gasteiger partial charge is 0.387 e. The maximum absolute atomic E-state index is 11.9. The Hall–Kier alpha value is -1.62. The Balaban J connectivity index is 1.71. The molecular formula is C15H24N5O13P3. The van der Waals surface area contributed by atoms with Crippen LogP contribution in [0.15, 0.2) is 24.3 Å². The van der Waals surface area contributed by atoms with E-state index in [1.54, 1.807) is 0 Å². The number of nitrogens with one attached hydrogen (secondary N) is 1. The van der Waals surface area contributed by atoms with E-state index in [0.717, 1.165) is 5.57 Å². The zero-order valence-electron chi connectivity index (χ0n) is 18.6. The first-order valence-corrected chi connectivity index (χ1v) is 14.5. The van der Waals surface area contributed by atoms with Crippen molar-refractivity contribution >= 4 is 40.4 Å². The van der Waals surface area contributed by atoms with Crippen LogP contribution in [0.2, 0.25) is 0 Å². The SMILES string of the molecule is CC(C)=CCNc1ncnc2c1ncn2[C@@H]1O[C@H](COP(=O)(O)OP(=O)(O)OP(=O)(O)O)[C@H](O)C1O. The zero-order chi connectivity index (χ0) is 26.9. The Morgan fingerprint density at radius 2 is 1.78 bits per heavy atom. The maximum Gasteiger partial charge on any atom is 0.490 e. The van der Waals surface area contributed by atoms with Gasteiger partial charge in [0.1, 0.15) is 24.6 Å². The topological polar surface area (TPSA) is 265 Å². The third kappa shape index (κ3) is 7.46. The van der Waals surface area contributed by atoms with Crippen LogP contribution in [0.1, 0.15) is 20.1 Å². The number of imidazole rings is 1. The van der Waals surface area contributed by atoms with Gasteiger partial charge in [0.2, 0.25) is 0 Å². The van der Waals surface area contributed by atoms with E-state index in [0.29, 0.717) is 17.9 Å². The fraction of sp³-hybridized carbons (Fsp3) is 0.533. The molecule has 6 atom stereocenters. The first-order chi connectivity index (χ1) is 16.6. The molecule has 0 aliphatic carbocycles. The minimum Gasteiger partial charge on any atom is -0.387 e. The Morgan fingerprint density at radius 1 is 1.08 bits per heavy atom. The van der Waals surface area contributed by atoms with Crippen molar-refractivity contribution in [3.8, 4) is 0 Å². The number of fused-ring (bicyclic) bond motifs is 1. The molecule has 2 aromatic heterocycles. The van der Waals surface area contributed by atoms with Gasteiger partial charge in [0.15, 0.2) is 23.2 Å². The van der Waals surface area contributed by atoms with Crippen LogP contribution in [0, 0.1) is 0 Å². The number of anilines is 1. The fourth-order valence-electron chi connectivity index (χ4n) is 3.09. The molecule has 3 unspecified atom stereocenters. The lowest BCUT2D eigenvalue weighted by Gasteiger charge is -2.19. The van der Waals surface area contributed by atoms with Crippen molar-refractivity contribution < 1.29 is 61.4 Å². The lowest BCUT2D eigenvalue weighted by molar-refractivity contribution is -0.0503. The van der Waals surface area contributed by atoms with E-state index >= 15 is 0 Å². The number of hydrogen-bond acceptors (Lipinski definition) is 13. The molecule has 7 N–H and O–H groups in total. The Labute approximate surface area is 203 Å². The number of ether oxygens (including phenoxy) is 1. The standard InChI is InChI=1S/C15H24N5O13P3/c1-8(2)3-4-16-13-10-14(18-6-17-13)20(7-19-10)15-12(22)11(21)9(31-15)5-30-35(26,27)33-36(28,29)32-34(23,24)25/h3,6-7,9,11-12,15,21-22H,4-5H2,1-2H3,(H,26,27)(H,28,29)(H,16,17,18)(H2,23,24,25)/t9-,11+,12?,15-/m1/s1. The van der Waals surface area contributed by atoms with Gasteiger partial charge in [0, 0.05) is 6.54 Å². The number of nitrogens with zero attached hydrogens (tertiary/aromatic N) is 4. The van der Waals surface area contributed by atoms with Gasteiger partial charge in [-0.1, -0.05) is 11.6 Å². The molecule has 1 aliphatic rings. The molecule has 0 spiro atoms. The number of aliphatic hydroxyl groups is 2. The van der Waals surface area contributed by atoms with E-state index in [9.17, 15) is 33.7 Å². The number of hydrogen-bond donors (Lipinski definition) is 7. The van der Waals surface area contributed by atoms with Gasteiger partial charge in [-0.05, 0) is 13.8 Å². The second-order valence-corrected chi connectivity index (χ2v) is 12.1. The molecule has 0 saturated carbocycles. The van der Waals surface area contributed by atoms with Crippen LogP contribution in [0.3, 0.4) is 0 Å². The number of rotatable bonds is 11. The highest BCUT2D eigenvalue weighted by molar-refractivity contribution is 7.66. The minimum atomic E-state index is -5.71. The van der Waals surface area contributed by atoms with Gasteiger partial charge in [-0.2, -0.15) is 8.62 Å². The molecule has 2 aromatic rings. The van der Waals surface area contributed by atoms with Crippen molar-refractivity contribution in [2.75, 3.05) is 18.5 Å². The van der Waals surface area contributed by atoms with Crippen LogP contribution in [0.5, 0.6) is 0 Å². The lowest BCUT2D eigenvalue weighted by Crippen LogP contribution is -2.33. The van der Waals surface area contributed by atoms with Crippen molar-refractivity contribution in [2.45, 2.75) is 38.4 Å². The number of phosphoric ester groups is 1. The average Bonchev–Trinajstić information content (AvgIpc) is 3.26. The number of allylic oxidation sites excluding steroid dienone is 1.